The van der Waals surface area contributed by atoms with Crippen molar-refractivity contribution in [2.45, 2.75) is 43.6 Å². The zero-order valence-electron chi connectivity index (χ0n) is 10.6. The number of nitrogens with zero attached hydrogens (tertiary/aromatic N) is 2. The van der Waals surface area contributed by atoms with Crippen molar-refractivity contribution in [3.05, 3.63) is 12.0 Å². The third-order valence-corrected chi connectivity index (χ3v) is 4.96. The number of hydrogen-bond donors (Lipinski definition) is 1. The topological polar surface area (TPSA) is 64.0 Å². The van der Waals surface area contributed by atoms with Gasteiger partial charge in [-0.15, -0.1) is 11.6 Å². The van der Waals surface area contributed by atoms with E-state index in [0.29, 0.717) is 24.8 Å². The first kappa shape index (κ1) is 13.8. The maximum absolute atomic E-state index is 12.0. The molecule has 1 aliphatic rings. The molecule has 1 aliphatic carbocycles. The lowest BCUT2D eigenvalue weighted by atomic mass is 9.85. The highest BCUT2D eigenvalue weighted by molar-refractivity contribution is 7.89. The Kier molecular flexibility index (Phi) is 3.99. The van der Waals surface area contributed by atoms with E-state index < -0.39 is 10.0 Å². The highest BCUT2D eigenvalue weighted by Gasteiger charge is 2.29. The lowest BCUT2D eigenvalue weighted by molar-refractivity contribution is 0.323. The molecule has 0 unspecified atom stereocenters. The molecule has 0 bridgehead atoms. The van der Waals surface area contributed by atoms with E-state index in [1.807, 2.05) is 11.5 Å². The summed E-state index contributed by atoms with van der Waals surface area (Å²) in [4.78, 5) is 4.08. The molecule has 1 aromatic heterocycles. The number of rotatable bonds is 5. The third-order valence-electron chi connectivity index (χ3n) is 3.31. The normalized spacial score (nSPS) is 23.9. The Morgan fingerprint density at radius 1 is 1.56 bits per heavy atom. The third kappa shape index (κ3) is 2.87. The van der Waals surface area contributed by atoms with Gasteiger partial charge >= 0.3 is 0 Å². The molecular formula is C11H18ClN3O2S. The molecule has 0 aliphatic heterocycles. The number of aryl methyl sites for hydroxylation is 2. The van der Waals surface area contributed by atoms with E-state index in [-0.39, 0.29) is 10.4 Å². The van der Waals surface area contributed by atoms with E-state index in [1.54, 1.807) is 13.1 Å². The highest BCUT2D eigenvalue weighted by atomic mass is 35.5. The number of nitrogens with one attached hydrogen (secondary N) is 1. The lowest BCUT2D eigenvalue weighted by Gasteiger charge is -2.30. The first-order valence-electron chi connectivity index (χ1n) is 6.10. The van der Waals surface area contributed by atoms with Crippen molar-refractivity contribution in [2.24, 2.45) is 5.92 Å². The molecule has 2 rings (SSSR count). The van der Waals surface area contributed by atoms with E-state index in [2.05, 4.69) is 9.71 Å². The minimum absolute atomic E-state index is 0.101. The smallest absolute Gasteiger partial charge is 0.259 e. The summed E-state index contributed by atoms with van der Waals surface area (Å²) in [6, 6.07) is 0. The summed E-state index contributed by atoms with van der Waals surface area (Å²) < 4.78 is 28.5. The van der Waals surface area contributed by atoms with Gasteiger partial charge in [0.2, 0.25) is 0 Å². The molecule has 102 valence electrons. The zero-order valence-corrected chi connectivity index (χ0v) is 12.1. The van der Waals surface area contributed by atoms with Crippen molar-refractivity contribution in [1.82, 2.24) is 14.3 Å². The monoisotopic (exact) mass is 291 g/mol. The molecular weight excluding hydrogens is 274 g/mol. The number of halogens is 1. The van der Waals surface area contributed by atoms with Crippen molar-refractivity contribution in [3.8, 4) is 0 Å². The molecule has 1 aromatic rings. The van der Waals surface area contributed by atoms with Gasteiger partial charge in [0.15, 0.2) is 5.03 Å². The van der Waals surface area contributed by atoms with Crippen LogP contribution in [0, 0.1) is 12.8 Å². The van der Waals surface area contributed by atoms with Crippen LogP contribution in [0.5, 0.6) is 0 Å². The van der Waals surface area contributed by atoms with Crippen LogP contribution in [0.3, 0.4) is 0 Å². The van der Waals surface area contributed by atoms with Crippen molar-refractivity contribution >= 4 is 21.6 Å². The molecule has 7 heteroatoms. The van der Waals surface area contributed by atoms with Crippen molar-refractivity contribution in [2.75, 3.05) is 6.54 Å². The average Bonchev–Trinajstić information content (AvgIpc) is 2.65. The molecule has 0 aromatic carbocycles. The number of hydrogen-bond acceptors (Lipinski definition) is 3. The molecule has 5 nitrogen and oxygen atoms in total. The van der Waals surface area contributed by atoms with Crippen LogP contribution in [-0.4, -0.2) is 29.9 Å². The van der Waals surface area contributed by atoms with Crippen LogP contribution in [0.15, 0.2) is 11.2 Å². The van der Waals surface area contributed by atoms with E-state index in [1.165, 1.54) is 0 Å². The Labute approximate surface area is 113 Å². The number of aromatic nitrogens is 2. The van der Waals surface area contributed by atoms with Gasteiger partial charge in [-0.25, -0.2) is 18.1 Å². The van der Waals surface area contributed by atoms with Gasteiger partial charge in [0.1, 0.15) is 5.82 Å². The zero-order chi connectivity index (χ0) is 13.3. The van der Waals surface area contributed by atoms with Crippen molar-refractivity contribution < 1.29 is 8.42 Å². The highest BCUT2D eigenvalue weighted by Crippen LogP contribution is 2.31. The maximum Gasteiger partial charge on any atom is 0.259 e. The Bertz CT molecular complexity index is 520. The molecule has 1 N–H and O–H groups in total. The van der Waals surface area contributed by atoms with Crippen LogP contribution >= 0.6 is 11.6 Å². The van der Waals surface area contributed by atoms with Gasteiger partial charge in [0, 0.05) is 24.7 Å². The summed E-state index contributed by atoms with van der Waals surface area (Å²) in [6.07, 6.45) is 3.34. The van der Waals surface area contributed by atoms with E-state index in [0.717, 1.165) is 12.8 Å². The Morgan fingerprint density at radius 3 is 2.72 bits per heavy atom. The van der Waals surface area contributed by atoms with Crippen LogP contribution in [0.2, 0.25) is 0 Å². The minimum atomic E-state index is -3.49. The summed E-state index contributed by atoms with van der Waals surface area (Å²) in [5.74, 6) is 1.07. The molecule has 0 atom stereocenters. The van der Waals surface area contributed by atoms with Gasteiger partial charge in [-0.1, -0.05) is 0 Å². The van der Waals surface area contributed by atoms with Gasteiger partial charge in [0.25, 0.3) is 10.0 Å². The second-order valence-corrected chi connectivity index (χ2v) is 7.03. The number of alkyl halides is 1. The Morgan fingerprint density at radius 2 is 2.22 bits per heavy atom. The predicted molar refractivity (Wildman–Crippen MR) is 70.2 cm³/mol. The average molecular weight is 292 g/mol. The van der Waals surface area contributed by atoms with Crippen LogP contribution in [0.25, 0.3) is 0 Å². The second-order valence-electron chi connectivity index (χ2n) is 4.70. The number of imidazole rings is 1. The molecule has 1 saturated carbocycles. The van der Waals surface area contributed by atoms with E-state index >= 15 is 0 Å². The molecule has 0 amide bonds. The largest absolute Gasteiger partial charge is 0.334 e. The lowest BCUT2D eigenvalue weighted by Crippen LogP contribution is -2.36. The summed E-state index contributed by atoms with van der Waals surface area (Å²) in [7, 11) is -3.49. The van der Waals surface area contributed by atoms with Gasteiger partial charge in [-0.2, -0.15) is 0 Å². The second kappa shape index (κ2) is 5.19. The Balaban J connectivity index is 2.01. The molecule has 0 spiro atoms. The quantitative estimate of drug-likeness (QED) is 0.836. The van der Waals surface area contributed by atoms with Gasteiger partial charge in [0.05, 0.1) is 0 Å². The first-order chi connectivity index (χ1) is 8.42. The molecule has 1 heterocycles. The molecule has 18 heavy (non-hydrogen) atoms. The summed E-state index contributed by atoms with van der Waals surface area (Å²) in [5, 5.41) is 0.310. The fourth-order valence-electron chi connectivity index (χ4n) is 2.05. The maximum atomic E-state index is 12.0. The van der Waals surface area contributed by atoms with Crippen LogP contribution in [0.4, 0.5) is 0 Å². The first-order valence-corrected chi connectivity index (χ1v) is 8.02. The Hall–Kier alpha value is -0.590. The van der Waals surface area contributed by atoms with Crippen LogP contribution in [0.1, 0.15) is 25.6 Å². The summed E-state index contributed by atoms with van der Waals surface area (Å²) in [6.45, 7) is 4.91. The molecule has 0 radical (unpaired) electrons. The van der Waals surface area contributed by atoms with Crippen molar-refractivity contribution in [1.29, 1.82) is 0 Å². The molecule has 1 fully saturated rings. The van der Waals surface area contributed by atoms with Crippen LogP contribution < -0.4 is 4.72 Å². The van der Waals surface area contributed by atoms with E-state index in [4.69, 9.17) is 11.6 Å². The predicted octanol–water partition coefficient (Wildman–Crippen LogP) is 1.51. The van der Waals surface area contributed by atoms with E-state index in [9.17, 15) is 8.42 Å². The fourth-order valence-corrected chi connectivity index (χ4v) is 3.68. The van der Waals surface area contributed by atoms with Crippen molar-refractivity contribution in [3.63, 3.8) is 0 Å². The summed E-state index contributed by atoms with van der Waals surface area (Å²) in [5.41, 5.74) is 0. The van der Waals surface area contributed by atoms with Gasteiger partial charge < -0.3 is 4.57 Å². The summed E-state index contributed by atoms with van der Waals surface area (Å²) >= 11 is 5.86. The standard InChI is InChI=1S/C11H18ClN3O2S/c1-3-15-7-11(14-8(15)2)18(16,17)13-6-9-4-10(12)5-9/h7,9-10,13H,3-6H2,1-2H3. The van der Waals surface area contributed by atoms with Crippen LogP contribution in [-0.2, 0) is 16.6 Å². The van der Waals surface area contributed by atoms with Gasteiger partial charge in [-0.05, 0) is 32.6 Å². The van der Waals surface area contributed by atoms with Gasteiger partial charge in [-0.3, -0.25) is 0 Å². The number of sulfonamides is 1. The fraction of sp³-hybridized carbons (Fsp3) is 0.727. The SMILES string of the molecule is CCn1cc(S(=O)(=O)NCC2CC(Cl)C2)nc1C. The minimum Gasteiger partial charge on any atom is -0.334 e. The molecule has 0 saturated heterocycles.